The number of piperidine rings is 1. The molecule has 1 aliphatic heterocycles. The third-order valence-electron chi connectivity index (χ3n) is 2.96. The maximum atomic E-state index is 12.2. The molecule has 0 unspecified atom stereocenters. The number of anilines is 1. The van der Waals surface area contributed by atoms with Crippen LogP contribution in [0.15, 0.2) is 6.20 Å². The predicted octanol–water partition coefficient (Wildman–Crippen LogP) is 1.36. The predicted molar refractivity (Wildman–Crippen MR) is 62.4 cm³/mol. The van der Waals surface area contributed by atoms with Gasteiger partial charge in [0.15, 0.2) is 5.69 Å². The van der Waals surface area contributed by atoms with Gasteiger partial charge in [-0.05, 0) is 19.3 Å². The van der Waals surface area contributed by atoms with Gasteiger partial charge in [-0.25, -0.2) is 8.78 Å². The van der Waals surface area contributed by atoms with Crippen LogP contribution >= 0.6 is 0 Å². The molecule has 1 amide bonds. The molecule has 2 heterocycles. The van der Waals surface area contributed by atoms with E-state index in [1.165, 1.54) is 6.20 Å². The number of nitrogens with zero attached hydrogens (tertiary/aromatic N) is 3. The second kappa shape index (κ2) is 5.32. The van der Waals surface area contributed by atoms with Gasteiger partial charge in [0, 0.05) is 19.3 Å². The summed E-state index contributed by atoms with van der Waals surface area (Å²) in [6.45, 7) is 0.817. The van der Waals surface area contributed by atoms with Gasteiger partial charge in [0.1, 0.15) is 6.54 Å². The van der Waals surface area contributed by atoms with Crippen molar-refractivity contribution in [2.45, 2.75) is 32.2 Å². The Bertz CT molecular complexity index is 427. The Labute approximate surface area is 104 Å². The number of rotatable bonds is 3. The first-order valence-corrected chi connectivity index (χ1v) is 5.98. The third kappa shape index (κ3) is 2.77. The molecule has 18 heavy (non-hydrogen) atoms. The summed E-state index contributed by atoms with van der Waals surface area (Å²) < 4.78 is 25.5. The first-order valence-electron chi connectivity index (χ1n) is 5.98. The molecular weight excluding hydrogens is 242 g/mol. The number of likely N-dealkylation sites (tertiary alicyclic amines) is 1. The van der Waals surface area contributed by atoms with Gasteiger partial charge in [-0.3, -0.25) is 9.48 Å². The number of amides is 1. The largest absolute Gasteiger partial charge is 0.396 e. The average molecular weight is 258 g/mol. The van der Waals surface area contributed by atoms with E-state index in [-0.39, 0.29) is 17.3 Å². The lowest BCUT2D eigenvalue weighted by Crippen LogP contribution is -2.36. The highest BCUT2D eigenvalue weighted by Crippen LogP contribution is 2.16. The maximum absolute atomic E-state index is 12.2. The van der Waals surface area contributed by atoms with Crippen LogP contribution in [0.3, 0.4) is 0 Å². The van der Waals surface area contributed by atoms with E-state index in [4.69, 9.17) is 5.73 Å². The molecule has 0 bridgehead atoms. The molecular formula is C11H16F2N4O. The van der Waals surface area contributed by atoms with Crippen molar-refractivity contribution < 1.29 is 13.6 Å². The number of nitrogen functional groups attached to an aromatic ring is 1. The monoisotopic (exact) mass is 258 g/mol. The zero-order valence-electron chi connectivity index (χ0n) is 9.98. The second-order valence-electron chi connectivity index (χ2n) is 4.40. The van der Waals surface area contributed by atoms with Crippen molar-refractivity contribution in [3.63, 3.8) is 0 Å². The number of carbonyl (C=O) groups is 1. The molecule has 1 aromatic rings. The summed E-state index contributed by atoms with van der Waals surface area (Å²) >= 11 is 0. The number of hydrogen-bond donors (Lipinski definition) is 1. The molecule has 0 aliphatic carbocycles. The molecule has 5 nitrogen and oxygen atoms in total. The molecule has 1 aromatic heterocycles. The molecule has 1 aliphatic rings. The highest BCUT2D eigenvalue weighted by atomic mass is 19.3. The molecule has 0 saturated carbocycles. The van der Waals surface area contributed by atoms with Crippen LogP contribution in [0.1, 0.15) is 29.8 Å². The van der Waals surface area contributed by atoms with Crippen molar-refractivity contribution in [2.75, 3.05) is 18.8 Å². The van der Waals surface area contributed by atoms with Crippen molar-refractivity contribution >= 4 is 11.6 Å². The molecule has 100 valence electrons. The minimum Gasteiger partial charge on any atom is -0.396 e. The Morgan fingerprint density at radius 1 is 1.39 bits per heavy atom. The van der Waals surface area contributed by atoms with E-state index in [1.807, 2.05) is 0 Å². The lowest BCUT2D eigenvalue weighted by atomic mass is 10.1. The fourth-order valence-corrected chi connectivity index (χ4v) is 2.08. The van der Waals surface area contributed by atoms with Crippen molar-refractivity contribution in [2.24, 2.45) is 0 Å². The summed E-state index contributed by atoms with van der Waals surface area (Å²) in [5, 5.41) is 3.85. The van der Waals surface area contributed by atoms with Crippen LogP contribution < -0.4 is 5.73 Å². The standard InChI is InChI=1S/C11H16F2N4O/c12-9(13)7-17-6-8(14)10(15-17)11(18)16-4-2-1-3-5-16/h6,9H,1-5,7,14H2. The summed E-state index contributed by atoms with van der Waals surface area (Å²) in [6, 6.07) is 0. The lowest BCUT2D eigenvalue weighted by molar-refractivity contribution is 0.0715. The number of carbonyl (C=O) groups excluding carboxylic acids is 1. The number of halogens is 2. The normalized spacial score (nSPS) is 16.3. The number of alkyl halides is 2. The molecule has 0 radical (unpaired) electrons. The number of hydrogen-bond acceptors (Lipinski definition) is 3. The van der Waals surface area contributed by atoms with Gasteiger partial charge in [0.2, 0.25) is 0 Å². The molecule has 0 aromatic carbocycles. The highest BCUT2D eigenvalue weighted by Gasteiger charge is 2.23. The Morgan fingerprint density at radius 3 is 2.67 bits per heavy atom. The minimum atomic E-state index is -2.51. The van der Waals surface area contributed by atoms with Gasteiger partial charge < -0.3 is 10.6 Å². The fraction of sp³-hybridized carbons (Fsp3) is 0.636. The summed E-state index contributed by atoms with van der Waals surface area (Å²) in [6.07, 6.45) is 1.80. The molecule has 0 spiro atoms. The second-order valence-corrected chi connectivity index (χ2v) is 4.40. The molecule has 2 N–H and O–H groups in total. The maximum Gasteiger partial charge on any atom is 0.276 e. The molecule has 2 rings (SSSR count). The van der Waals surface area contributed by atoms with Crippen LogP contribution in [0.2, 0.25) is 0 Å². The molecule has 1 fully saturated rings. The van der Waals surface area contributed by atoms with Gasteiger partial charge in [0.05, 0.1) is 5.69 Å². The van der Waals surface area contributed by atoms with E-state index in [0.29, 0.717) is 13.1 Å². The van der Waals surface area contributed by atoms with Crippen LogP contribution in [-0.2, 0) is 6.54 Å². The minimum absolute atomic E-state index is 0.0811. The van der Waals surface area contributed by atoms with Gasteiger partial charge in [-0.1, -0.05) is 0 Å². The molecule has 7 heteroatoms. The summed E-state index contributed by atoms with van der Waals surface area (Å²) in [5.41, 5.74) is 5.89. The number of nitrogens with two attached hydrogens (primary N) is 1. The zero-order valence-corrected chi connectivity index (χ0v) is 9.98. The first kappa shape index (κ1) is 12.8. The van der Waals surface area contributed by atoms with Gasteiger partial charge in [-0.15, -0.1) is 0 Å². The van der Waals surface area contributed by atoms with Gasteiger partial charge in [-0.2, -0.15) is 5.10 Å². The van der Waals surface area contributed by atoms with E-state index in [0.717, 1.165) is 23.9 Å². The van der Waals surface area contributed by atoms with Crippen LogP contribution in [0.4, 0.5) is 14.5 Å². The van der Waals surface area contributed by atoms with Gasteiger partial charge in [0.25, 0.3) is 12.3 Å². The molecule has 1 saturated heterocycles. The van der Waals surface area contributed by atoms with Crippen LogP contribution in [-0.4, -0.2) is 40.1 Å². The summed E-state index contributed by atoms with van der Waals surface area (Å²) in [4.78, 5) is 13.8. The zero-order chi connectivity index (χ0) is 13.1. The topological polar surface area (TPSA) is 64.2 Å². The van der Waals surface area contributed by atoms with Gasteiger partial charge >= 0.3 is 0 Å². The average Bonchev–Trinajstić information content (AvgIpc) is 2.69. The van der Waals surface area contributed by atoms with Crippen molar-refractivity contribution in [1.82, 2.24) is 14.7 Å². The van der Waals surface area contributed by atoms with Crippen LogP contribution in [0, 0.1) is 0 Å². The van der Waals surface area contributed by atoms with Crippen molar-refractivity contribution in [3.8, 4) is 0 Å². The Morgan fingerprint density at radius 2 is 2.06 bits per heavy atom. The Balaban J connectivity index is 2.11. The van der Waals surface area contributed by atoms with Crippen molar-refractivity contribution in [1.29, 1.82) is 0 Å². The Kier molecular flexibility index (Phi) is 3.78. The van der Waals surface area contributed by atoms with E-state index < -0.39 is 13.0 Å². The number of aromatic nitrogens is 2. The van der Waals surface area contributed by atoms with E-state index in [9.17, 15) is 13.6 Å². The SMILES string of the molecule is Nc1cn(CC(F)F)nc1C(=O)N1CCCCC1. The summed E-state index contributed by atoms with van der Waals surface area (Å²) in [7, 11) is 0. The highest BCUT2D eigenvalue weighted by molar-refractivity contribution is 5.97. The van der Waals surface area contributed by atoms with E-state index in [2.05, 4.69) is 5.10 Å². The van der Waals surface area contributed by atoms with Crippen LogP contribution in [0.5, 0.6) is 0 Å². The van der Waals surface area contributed by atoms with Crippen LogP contribution in [0.25, 0.3) is 0 Å². The smallest absolute Gasteiger partial charge is 0.276 e. The molecule has 0 atom stereocenters. The first-order chi connectivity index (χ1) is 8.58. The van der Waals surface area contributed by atoms with Crippen molar-refractivity contribution in [3.05, 3.63) is 11.9 Å². The third-order valence-corrected chi connectivity index (χ3v) is 2.96. The summed E-state index contributed by atoms with van der Waals surface area (Å²) in [5.74, 6) is -0.264. The van der Waals surface area contributed by atoms with E-state index >= 15 is 0 Å². The lowest BCUT2D eigenvalue weighted by Gasteiger charge is -2.25. The van der Waals surface area contributed by atoms with E-state index in [1.54, 1.807) is 4.90 Å². The Hall–Kier alpha value is -1.66. The fourth-order valence-electron chi connectivity index (χ4n) is 2.08. The quantitative estimate of drug-likeness (QED) is 0.890.